The van der Waals surface area contributed by atoms with Gasteiger partial charge in [-0.15, -0.1) is 0 Å². The highest BCUT2D eigenvalue weighted by molar-refractivity contribution is 9.10. The monoisotopic (exact) mass is 325 g/mol. The Hall–Kier alpha value is -1.33. The van der Waals surface area contributed by atoms with Gasteiger partial charge in [0.1, 0.15) is 0 Å². The average Bonchev–Trinajstić information content (AvgIpc) is 2.32. The van der Waals surface area contributed by atoms with Crippen molar-refractivity contribution in [3.63, 3.8) is 0 Å². The summed E-state index contributed by atoms with van der Waals surface area (Å²) in [5.41, 5.74) is 6.71. The molecule has 0 heterocycles. The van der Waals surface area contributed by atoms with Crippen LogP contribution in [0.3, 0.4) is 0 Å². The van der Waals surface area contributed by atoms with E-state index >= 15 is 0 Å². The zero-order chi connectivity index (χ0) is 13.2. The molecule has 0 aliphatic heterocycles. The summed E-state index contributed by atoms with van der Waals surface area (Å²) in [7, 11) is -3.42. The van der Waals surface area contributed by atoms with E-state index < -0.39 is 9.84 Å². The van der Waals surface area contributed by atoms with Crippen molar-refractivity contribution in [3.05, 3.63) is 58.6 Å². The van der Waals surface area contributed by atoms with Crippen LogP contribution in [0.5, 0.6) is 0 Å². The van der Waals surface area contributed by atoms with Crippen LogP contribution < -0.4 is 5.73 Å². The van der Waals surface area contributed by atoms with Crippen LogP contribution in [0.15, 0.2) is 57.9 Å². The van der Waals surface area contributed by atoms with Crippen molar-refractivity contribution < 1.29 is 8.42 Å². The Morgan fingerprint density at radius 1 is 1.00 bits per heavy atom. The fraction of sp³-hybridized carbons (Fsp3) is 0.0769. The minimum absolute atomic E-state index is 0.0668. The van der Waals surface area contributed by atoms with E-state index in [9.17, 15) is 8.42 Å². The molecule has 0 aromatic heterocycles. The highest BCUT2D eigenvalue weighted by Gasteiger charge is 2.18. The third-order valence-corrected chi connectivity index (χ3v) is 5.06. The maximum absolute atomic E-state index is 12.3. The van der Waals surface area contributed by atoms with E-state index in [1.54, 1.807) is 24.3 Å². The fourth-order valence-electron chi connectivity index (χ4n) is 1.66. The lowest BCUT2D eigenvalue weighted by Gasteiger charge is -2.08. The van der Waals surface area contributed by atoms with Crippen molar-refractivity contribution in [2.24, 2.45) is 0 Å². The lowest BCUT2D eigenvalue weighted by atomic mass is 10.2. The van der Waals surface area contributed by atoms with Gasteiger partial charge in [0.05, 0.1) is 16.3 Å². The van der Waals surface area contributed by atoms with Crippen molar-refractivity contribution >= 4 is 31.5 Å². The fourth-order valence-corrected chi connectivity index (χ4v) is 3.80. The molecule has 0 amide bonds. The molecule has 0 atom stereocenters. The molecule has 18 heavy (non-hydrogen) atoms. The highest BCUT2D eigenvalue weighted by atomic mass is 79.9. The molecule has 3 nitrogen and oxygen atoms in total. The van der Waals surface area contributed by atoms with Gasteiger partial charge < -0.3 is 5.73 Å². The molecule has 0 fully saturated rings. The van der Waals surface area contributed by atoms with E-state index in [1.165, 1.54) is 6.07 Å². The number of hydrogen-bond donors (Lipinski definition) is 1. The third-order valence-electron chi connectivity index (χ3n) is 2.56. The molecule has 0 aliphatic carbocycles. The molecule has 2 N–H and O–H groups in total. The molecule has 0 aliphatic rings. The maximum atomic E-state index is 12.3. The molecule has 2 aromatic carbocycles. The largest absolute Gasteiger partial charge is 0.398 e. The molecule has 0 spiro atoms. The Balaban J connectivity index is 2.40. The minimum atomic E-state index is -3.42. The van der Waals surface area contributed by atoms with Crippen LogP contribution in [0.1, 0.15) is 5.56 Å². The predicted octanol–water partition coefficient (Wildman–Crippen LogP) is 3.01. The van der Waals surface area contributed by atoms with Gasteiger partial charge in [0.25, 0.3) is 0 Å². The summed E-state index contributed by atoms with van der Waals surface area (Å²) in [6.45, 7) is 0. The van der Waals surface area contributed by atoms with Crippen molar-refractivity contribution in [1.29, 1.82) is 0 Å². The first-order valence-electron chi connectivity index (χ1n) is 5.31. The quantitative estimate of drug-likeness (QED) is 0.882. The second-order valence-corrected chi connectivity index (χ2v) is 6.70. The van der Waals surface area contributed by atoms with Crippen molar-refractivity contribution in [2.45, 2.75) is 10.6 Å². The summed E-state index contributed by atoms with van der Waals surface area (Å²) in [5.74, 6) is -0.0668. The Morgan fingerprint density at radius 3 is 2.28 bits per heavy atom. The topological polar surface area (TPSA) is 60.2 Å². The van der Waals surface area contributed by atoms with Crippen LogP contribution in [0, 0.1) is 0 Å². The Morgan fingerprint density at radius 2 is 1.61 bits per heavy atom. The van der Waals surface area contributed by atoms with Crippen molar-refractivity contribution in [1.82, 2.24) is 0 Å². The number of nitrogen functional groups attached to an aromatic ring is 1. The van der Waals surface area contributed by atoms with E-state index in [2.05, 4.69) is 15.9 Å². The minimum Gasteiger partial charge on any atom is -0.398 e. The first-order chi connectivity index (χ1) is 8.50. The number of halogens is 1. The average molecular weight is 326 g/mol. The van der Waals surface area contributed by atoms with Gasteiger partial charge in [0.2, 0.25) is 0 Å². The van der Waals surface area contributed by atoms with Gasteiger partial charge in [-0.05, 0) is 23.8 Å². The van der Waals surface area contributed by atoms with Crippen LogP contribution in [0.4, 0.5) is 5.69 Å². The Kier molecular flexibility index (Phi) is 3.73. The smallest absolute Gasteiger partial charge is 0.184 e. The summed E-state index contributed by atoms with van der Waals surface area (Å²) < 4.78 is 25.3. The lowest BCUT2D eigenvalue weighted by molar-refractivity contribution is 0.595. The van der Waals surface area contributed by atoms with Crippen molar-refractivity contribution in [3.8, 4) is 0 Å². The number of para-hydroxylation sites is 1. The second-order valence-electron chi connectivity index (χ2n) is 3.89. The summed E-state index contributed by atoms with van der Waals surface area (Å²) in [4.78, 5) is 0.181. The summed E-state index contributed by atoms with van der Waals surface area (Å²) in [5, 5.41) is 0. The number of hydrogen-bond acceptors (Lipinski definition) is 3. The van der Waals surface area contributed by atoms with Crippen LogP contribution in [-0.4, -0.2) is 8.42 Å². The first-order valence-corrected chi connectivity index (χ1v) is 7.76. The second kappa shape index (κ2) is 5.12. The van der Waals surface area contributed by atoms with Crippen LogP contribution >= 0.6 is 15.9 Å². The molecule has 0 bridgehead atoms. The van der Waals surface area contributed by atoms with Gasteiger partial charge in [-0.25, -0.2) is 8.42 Å². The van der Waals surface area contributed by atoms with Gasteiger partial charge in [-0.3, -0.25) is 0 Å². The number of anilines is 1. The van der Waals surface area contributed by atoms with Gasteiger partial charge >= 0.3 is 0 Å². The number of rotatable bonds is 3. The van der Waals surface area contributed by atoms with Gasteiger partial charge in [0, 0.05) is 4.47 Å². The lowest BCUT2D eigenvalue weighted by Crippen LogP contribution is -2.08. The first kappa shape index (κ1) is 13.1. The molecular formula is C13H12BrNO2S. The SMILES string of the molecule is Nc1ccccc1S(=O)(=O)Cc1ccccc1Br. The Labute approximate surface area is 115 Å². The van der Waals surface area contributed by atoms with Crippen LogP contribution in [0.25, 0.3) is 0 Å². The van der Waals surface area contributed by atoms with Gasteiger partial charge in [-0.2, -0.15) is 0 Å². The summed E-state index contributed by atoms with van der Waals surface area (Å²) >= 11 is 3.34. The van der Waals surface area contributed by atoms with E-state index in [1.807, 2.05) is 18.2 Å². The third kappa shape index (κ3) is 2.73. The van der Waals surface area contributed by atoms with E-state index in [0.717, 1.165) is 10.0 Å². The number of nitrogens with two attached hydrogens (primary N) is 1. The zero-order valence-corrected chi connectivity index (χ0v) is 11.9. The van der Waals surface area contributed by atoms with Gasteiger partial charge in [0.15, 0.2) is 9.84 Å². The van der Waals surface area contributed by atoms with E-state index in [0.29, 0.717) is 0 Å². The zero-order valence-electron chi connectivity index (χ0n) is 9.51. The van der Waals surface area contributed by atoms with E-state index in [-0.39, 0.29) is 16.3 Å². The normalized spacial score (nSPS) is 11.4. The molecule has 2 aromatic rings. The van der Waals surface area contributed by atoms with E-state index in [4.69, 9.17) is 5.73 Å². The number of benzene rings is 2. The molecule has 0 unspecified atom stereocenters. The van der Waals surface area contributed by atoms with Crippen LogP contribution in [-0.2, 0) is 15.6 Å². The van der Waals surface area contributed by atoms with Gasteiger partial charge in [-0.1, -0.05) is 46.3 Å². The molecule has 94 valence electrons. The molecule has 2 rings (SSSR count). The summed E-state index contributed by atoms with van der Waals surface area (Å²) in [6.07, 6.45) is 0. The molecule has 0 saturated heterocycles. The molecule has 5 heteroatoms. The molecular weight excluding hydrogens is 314 g/mol. The Bertz CT molecular complexity index is 668. The van der Waals surface area contributed by atoms with Crippen LogP contribution in [0.2, 0.25) is 0 Å². The summed E-state index contributed by atoms with van der Waals surface area (Å²) in [6, 6.07) is 13.8. The predicted molar refractivity (Wildman–Crippen MR) is 75.9 cm³/mol. The number of sulfone groups is 1. The standard InChI is InChI=1S/C13H12BrNO2S/c14-11-6-2-1-5-10(11)9-18(16,17)13-8-4-3-7-12(13)15/h1-8H,9,15H2. The highest BCUT2D eigenvalue weighted by Crippen LogP contribution is 2.25. The molecule has 0 saturated carbocycles. The molecule has 0 radical (unpaired) electrons. The maximum Gasteiger partial charge on any atom is 0.184 e. The van der Waals surface area contributed by atoms with Crippen molar-refractivity contribution in [2.75, 3.05) is 5.73 Å².